The van der Waals surface area contributed by atoms with Gasteiger partial charge >= 0.3 is 0 Å². The molecule has 90 valence electrons. The molecule has 2 rings (SSSR count). The maximum absolute atomic E-state index is 5.88. The summed E-state index contributed by atoms with van der Waals surface area (Å²) in [5, 5.41) is 3.40. The van der Waals surface area contributed by atoms with Crippen LogP contribution in [-0.4, -0.2) is 30.3 Å². The van der Waals surface area contributed by atoms with Crippen LogP contribution in [0.3, 0.4) is 0 Å². The standard InChI is InChI=1S/C13H18N4/c14-12(13-5-1-2-7-17-13)6-9-15-10-11-4-3-8-16-11/h1-2,5-7,9,11,16H,3-4,8,10,14H2/b12-6-,15-9?/t11-/m0/s1. The van der Waals surface area contributed by atoms with Gasteiger partial charge in [-0.05, 0) is 37.6 Å². The average Bonchev–Trinajstić information content (AvgIpc) is 2.88. The third kappa shape index (κ3) is 3.67. The molecule has 1 atom stereocenters. The van der Waals surface area contributed by atoms with Gasteiger partial charge < -0.3 is 11.1 Å². The van der Waals surface area contributed by atoms with Gasteiger partial charge in [0.15, 0.2) is 0 Å². The normalized spacial score (nSPS) is 21.2. The molecule has 1 aromatic rings. The second kappa shape index (κ2) is 6.15. The Bertz CT molecular complexity index is 391. The third-order valence-electron chi connectivity index (χ3n) is 2.81. The summed E-state index contributed by atoms with van der Waals surface area (Å²) in [5.74, 6) is 0. The highest BCUT2D eigenvalue weighted by atomic mass is 15.0. The van der Waals surface area contributed by atoms with Crippen molar-refractivity contribution in [2.24, 2.45) is 10.7 Å². The average molecular weight is 230 g/mol. The minimum Gasteiger partial charge on any atom is -0.397 e. The first-order valence-corrected chi connectivity index (χ1v) is 5.96. The minimum atomic E-state index is 0.538. The summed E-state index contributed by atoms with van der Waals surface area (Å²) in [7, 11) is 0. The lowest BCUT2D eigenvalue weighted by Crippen LogP contribution is -2.24. The van der Waals surface area contributed by atoms with Crippen molar-refractivity contribution >= 4 is 11.9 Å². The number of hydrogen-bond acceptors (Lipinski definition) is 4. The van der Waals surface area contributed by atoms with Gasteiger partial charge in [0.1, 0.15) is 0 Å². The molecule has 17 heavy (non-hydrogen) atoms. The van der Waals surface area contributed by atoms with Crippen molar-refractivity contribution in [2.45, 2.75) is 18.9 Å². The highest BCUT2D eigenvalue weighted by Crippen LogP contribution is 2.05. The predicted molar refractivity (Wildman–Crippen MR) is 70.8 cm³/mol. The zero-order valence-electron chi connectivity index (χ0n) is 9.84. The van der Waals surface area contributed by atoms with Crippen LogP contribution in [0.2, 0.25) is 0 Å². The number of allylic oxidation sites excluding steroid dienone is 1. The van der Waals surface area contributed by atoms with E-state index in [2.05, 4.69) is 15.3 Å². The fraction of sp³-hybridized carbons (Fsp3) is 0.385. The van der Waals surface area contributed by atoms with E-state index in [-0.39, 0.29) is 0 Å². The topological polar surface area (TPSA) is 63.3 Å². The molecule has 3 N–H and O–H groups in total. The Kier molecular flexibility index (Phi) is 4.27. The van der Waals surface area contributed by atoms with Gasteiger partial charge in [-0.3, -0.25) is 9.98 Å². The molecule has 4 nitrogen and oxygen atoms in total. The molecule has 0 bridgehead atoms. The maximum Gasteiger partial charge on any atom is 0.0859 e. The van der Waals surface area contributed by atoms with Gasteiger partial charge in [-0.2, -0.15) is 0 Å². The molecule has 0 radical (unpaired) electrons. The SMILES string of the molecule is N/C(=C\C=NC[C@@H]1CCCN1)c1ccccn1. The van der Waals surface area contributed by atoms with Crippen molar-refractivity contribution in [3.63, 3.8) is 0 Å². The molecule has 0 spiro atoms. The van der Waals surface area contributed by atoms with Crippen LogP contribution in [-0.2, 0) is 0 Å². The zero-order valence-corrected chi connectivity index (χ0v) is 9.84. The Balaban J connectivity index is 1.85. The van der Waals surface area contributed by atoms with Crippen molar-refractivity contribution in [1.82, 2.24) is 10.3 Å². The number of pyridine rings is 1. The lowest BCUT2D eigenvalue weighted by Gasteiger charge is -2.04. The van der Waals surface area contributed by atoms with Crippen molar-refractivity contribution in [3.05, 3.63) is 36.2 Å². The molecule has 4 heteroatoms. The molecule has 0 aliphatic carbocycles. The van der Waals surface area contributed by atoms with E-state index in [0.717, 1.165) is 18.8 Å². The van der Waals surface area contributed by atoms with Crippen molar-refractivity contribution in [3.8, 4) is 0 Å². The Morgan fingerprint density at radius 3 is 3.24 bits per heavy atom. The van der Waals surface area contributed by atoms with Crippen LogP contribution >= 0.6 is 0 Å². The second-order valence-corrected chi connectivity index (χ2v) is 4.14. The molecule has 2 heterocycles. The number of aliphatic imine (C=N–C) groups is 1. The highest BCUT2D eigenvalue weighted by Gasteiger charge is 2.11. The molecule has 0 unspecified atom stereocenters. The summed E-state index contributed by atoms with van der Waals surface area (Å²) in [6.45, 7) is 1.94. The van der Waals surface area contributed by atoms with E-state index in [1.807, 2.05) is 18.2 Å². The number of rotatable bonds is 4. The summed E-state index contributed by atoms with van der Waals surface area (Å²) in [6, 6.07) is 6.22. The molecule has 1 aromatic heterocycles. The molecular weight excluding hydrogens is 212 g/mol. The Labute approximate surface area is 102 Å². The van der Waals surface area contributed by atoms with Crippen LogP contribution in [0.15, 0.2) is 35.5 Å². The monoisotopic (exact) mass is 230 g/mol. The zero-order chi connectivity index (χ0) is 11.9. The fourth-order valence-corrected chi connectivity index (χ4v) is 1.85. The van der Waals surface area contributed by atoms with Gasteiger partial charge in [0, 0.05) is 18.5 Å². The maximum atomic E-state index is 5.88. The summed E-state index contributed by atoms with van der Waals surface area (Å²) < 4.78 is 0. The van der Waals surface area contributed by atoms with Crippen molar-refractivity contribution < 1.29 is 0 Å². The molecule has 1 saturated heterocycles. The Morgan fingerprint density at radius 2 is 2.53 bits per heavy atom. The van der Waals surface area contributed by atoms with E-state index in [9.17, 15) is 0 Å². The van der Waals surface area contributed by atoms with Gasteiger partial charge in [0.2, 0.25) is 0 Å². The fourth-order valence-electron chi connectivity index (χ4n) is 1.85. The Morgan fingerprint density at radius 1 is 1.59 bits per heavy atom. The first kappa shape index (κ1) is 11.8. The molecular formula is C13H18N4. The molecule has 1 aliphatic heterocycles. The first-order valence-electron chi connectivity index (χ1n) is 5.96. The van der Waals surface area contributed by atoms with E-state index in [4.69, 9.17) is 5.73 Å². The van der Waals surface area contributed by atoms with E-state index < -0.39 is 0 Å². The van der Waals surface area contributed by atoms with E-state index in [1.165, 1.54) is 12.8 Å². The predicted octanol–water partition coefficient (Wildman–Crippen LogP) is 1.20. The summed E-state index contributed by atoms with van der Waals surface area (Å²) in [4.78, 5) is 8.51. The number of hydrogen-bond donors (Lipinski definition) is 2. The van der Waals surface area contributed by atoms with Gasteiger partial charge in [-0.25, -0.2) is 0 Å². The van der Waals surface area contributed by atoms with Crippen LogP contribution in [0.4, 0.5) is 0 Å². The lowest BCUT2D eigenvalue weighted by molar-refractivity contribution is 0.619. The number of aromatic nitrogens is 1. The summed E-state index contributed by atoms with van der Waals surface area (Å²) >= 11 is 0. The van der Waals surface area contributed by atoms with Crippen LogP contribution in [0.25, 0.3) is 5.70 Å². The van der Waals surface area contributed by atoms with Crippen LogP contribution in [0.1, 0.15) is 18.5 Å². The largest absolute Gasteiger partial charge is 0.397 e. The van der Waals surface area contributed by atoms with E-state index in [1.54, 1.807) is 18.5 Å². The Hall–Kier alpha value is -1.68. The molecule has 0 amide bonds. The third-order valence-corrected chi connectivity index (χ3v) is 2.81. The van der Waals surface area contributed by atoms with Gasteiger partial charge in [-0.1, -0.05) is 6.07 Å². The van der Waals surface area contributed by atoms with Gasteiger partial charge in [0.25, 0.3) is 0 Å². The van der Waals surface area contributed by atoms with E-state index >= 15 is 0 Å². The lowest BCUT2D eigenvalue weighted by atomic mass is 10.2. The van der Waals surface area contributed by atoms with Crippen molar-refractivity contribution in [2.75, 3.05) is 13.1 Å². The second-order valence-electron chi connectivity index (χ2n) is 4.14. The number of nitrogens with two attached hydrogens (primary N) is 1. The smallest absolute Gasteiger partial charge is 0.0859 e. The number of nitrogens with zero attached hydrogens (tertiary/aromatic N) is 2. The molecule has 1 aliphatic rings. The van der Waals surface area contributed by atoms with Crippen LogP contribution in [0, 0.1) is 0 Å². The highest BCUT2D eigenvalue weighted by molar-refractivity contribution is 5.82. The summed E-state index contributed by atoms with van der Waals surface area (Å²) in [6.07, 6.45) is 7.78. The van der Waals surface area contributed by atoms with Gasteiger partial charge in [-0.15, -0.1) is 0 Å². The molecule has 0 aromatic carbocycles. The van der Waals surface area contributed by atoms with Crippen LogP contribution < -0.4 is 11.1 Å². The molecule has 1 fully saturated rings. The first-order chi connectivity index (χ1) is 8.36. The van der Waals surface area contributed by atoms with Crippen molar-refractivity contribution in [1.29, 1.82) is 0 Å². The molecule has 0 saturated carbocycles. The quantitative estimate of drug-likeness (QED) is 0.764. The minimum absolute atomic E-state index is 0.538. The van der Waals surface area contributed by atoms with E-state index in [0.29, 0.717) is 11.7 Å². The van der Waals surface area contributed by atoms with Gasteiger partial charge in [0.05, 0.1) is 17.9 Å². The summed E-state index contributed by atoms with van der Waals surface area (Å²) in [5.41, 5.74) is 7.32. The van der Waals surface area contributed by atoms with Crippen LogP contribution in [0.5, 0.6) is 0 Å². The number of nitrogens with one attached hydrogen (secondary N) is 1.